The summed E-state index contributed by atoms with van der Waals surface area (Å²) >= 11 is 2.96. The summed E-state index contributed by atoms with van der Waals surface area (Å²) in [6.07, 6.45) is 0. The second-order valence-electron chi connectivity index (χ2n) is 3.29. The topological polar surface area (TPSA) is 54.7 Å². The lowest BCUT2D eigenvalue weighted by Crippen LogP contribution is -2.06. The maximum Gasteiger partial charge on any atom is 0.175 e. The molecule has 1 aromatic heterocycles. The second-order valence-corrected chi connectivity index (χ2v) is 4.09. The molecule has 2 rings (SSSR count). The minimum absolute atomic E-state index is 0.0145. The highest BCUT2D eigenvalue weighted by atomic mass is 79.9. The Balaban J connectivity index is 2.76. The summed E-state index contributed by atoms with van der Waals surface area (Å²) in [5, 5.41) is 0. The van der Waals surface area contributed by atoms with Gasteiger partial charge in [0.2, 0.25) is 0 Å². The predicted octanol–water partition coefficient (Wildman–Crippen LogP) is 2.62. The lowest BCUT2D eigenvalue weighted by Gasteiger charge is -1.96. The molecular formula is C9H8BrF2N3. The molecule has 0 aliphatic heterocycles. The van der Waals surface area contributed by atoms with Crippen LogP contribution in [0.5, 0.6) is 0 Å². The van der Waals surface area contributed by atoms with Gasteiger partial charge in [0.15, 0.2) is 11.6 Å². The number of halogens is 3. The number of rotatable bonds is 1. The smallest absolute Gasteiger partial charge is 0.175 e. The SMILES string of the molecule is C[C@H](N)c1nc2c(Br)c(F)c(F)cc2[nH]1. The minimum atomic E-state index is -0.940. The molecule has 1 heterocycles. The predicted molar refractivity (Wildman–Crippen MR) is 56.3 cm³/mol. The number of hydrogen-bond donors (Lipinski definition) is 2. The van der Waals surface area contributed by atoms with Gasteiger partial charge in [-0.15, -0.1) is 0 Å². The number of nitrogens with two attached hydrogens (primary N) is 1. The molecule has 80 valence electrons. The molecule has 0 spiro atoms. The van der Waals surface area contributed by atoms with Crippen LogP contribution in [-0.2, 0) is 0 Å². The van der Waals surface area contributed by atoms with Gasteiger partial charge in [-0.05, 0) is 22.9 Å². The Hall–Kier alpha value is -1.01. The van der Waals surface area contributed by atoms with Crippen LogP contribution in [0.3, 0.4) is 0 Å². The molecule has 0 radical (unpaired) electrons. The first-order valence-electron chi connectivity index (χ1n) is 4.29. The van der Waals surface area contributed by atoms with Gasteiger partial charge in [0.25, 0.3) is 0 Å². The quantitative estimate of drug-likeness (QED) is 0.787. The molecule has 0 bridgehead atoms. The highest BCUT2D eigenvalue weighted by molar-refractivity contribution is 9.10. The van der Waals surface area contributed by atoms with E-state index in [0.717, 1.165) is 6.07 Å². The first-order chi connectivity index (χ1) is 7.00. The van der Waals surface area contributed by atoms with E-state index >= 15 is 0 Å². The van der Waals surface area contributed by atoms with Crippen molar-refractivity contribution in [1.29, 1.82) is 0 Å². The van der Waals surface area contributed by atoms with E-state index in [4.69, 9.17) is 5.73 Å². The van der Waals surface area contributed by atoms with E-state index in [0.29, 0.717) is 16.9 Å². The van der Waals surface area contributed by atoms with E-state index < -0.39 is 11.6 Å². The number of imidazole rings is 1. The first-order valence-corrected chi connectivity index (χ1v) is 5.08. The molecule has 3 N–H and O–H groups in total. The van der Waals surface area contributed by atoms with Crippen molar-refractivity contribution in [3.63, 3.8) is 0 Å². The Kier molecular flexibility index (Phi) is 2.47. The summed E-state index contributed by atoms with van der Waals surface area (Å²) in [7, 11) is 0. The molecule has 1 aromatic carbocycles. The fourth-order valence-electron chi connectivity index (χ4n) is 1.29. The van der Waals surface area contributed by atoms with E-state index in [1.807, 2.05) is 0 Å². The van der Waals surface area contributed by atoms with Crippen LogP contribution in [0.15, 0.2) is 10.5 Å². The standard InChI is InChI=1S/C9H8BrF2N3/c1-3(13)9-14-5-2-4(11)7(12)6(10)8(5)15-9/h2-3H,13H2,1H3,(H,14,15)/t3-/m0/s1. The first kappa shape index (κ1) is 10.5. The third-order valence-electron chi connectivity index (χ3n) is 2.06. The number of benzene rings is 1. The monoisotopic (exact) mass is 275 g/mol. The Morgan fingerprint density at radius 2 is 2.20 bits per heavy atom. The van der Waals surface area contributed by atoms with E-state index in [1.54, 1.807) is 6.92 Å². The molecule has 0 fully saturated rings. The number of nitrogens with one attached hydrogen (secondary N) is 1. The van der Waals surface area contributed by atoms with E-state index in [1.165, 1.54) is 0 Å². The van der Waals surface area contributed by atoms with Crippen molar-refractivity contribution in [3.05, 3.63) is 28.0 Å². The Morgan fingerprint density at radius 3 is 2.80 bits per heavy atom. The van der Waals surface area contributed by atoms with Crippen LogP contribution in [-0.4, -0.2) is 9.97 Å². The highest BCUT2D eigenvalue weighted by Gasteiger charge is 2.15. The zero-order chi connectivity index (χ0) is 11.2. The molecule has 0 unspecified atom stereocenters. The highest BCUT2D eigenvalue weighted by Crippen LogP contribution is 2.28. The van der Waals surface area contributed by atoms with E-state index in [9.17, 15) is 8.78 Å². The fourth-order valence-corrected chi connectivity index (χ4v) is 1.78. The zero-order valence-electron chi connectivity index (χ0n) is 7.81. The molecule has 6 heteroatoms. The lowest BCUT2D eigenvalue weighted by molar-refractivity contribution is 0.506. The van der Waals surface area contributed by atoms with Gasteiger partial charge in [-0.2, -0.15) is 0 Å². The van der Waals surface area contributed by atoms with Crippen LogP contribution < -0.4 is 5.73 Å². The van der Waals surface area contributed by atoms with Crippen molar-refractivity contribution in [1.82, 2.24) is 9.97 Å². The number of fused-ring (bicyclic) bond motifs is 1. The van der Waals surface area contributed by atoms with Crippen molar-refractivity contribution >= 4 is 27.0 Å². The van der Waals surface area contributed by atoms with Crippen LogP contribution in [0, 0.1) is 11.6 Å². The Bertz CT molecular complexity index is 522. The van der Waals surface area contributed by atoms with Crippen LogP contribution >= 0.6 is 15.9 Å². The molecule has 2 aromatic rings. The summed E-state index contributed by atoms with van der Waals surface area (Å²) in [5.74, 6) is -1.37. The third-order valence-corrected chi connectivity index (χ3v) is 2.79. The fraction of sp³-hybridized carbons (Fsp3) is 0.222. The van der Waals surface area contributed by atoms with Crippen LogP contribution in [0.4, 0.5) is 8.78 Å². The molecule has 0 aliphatic rings. The van der Waals surface area contributed by atoms with Gasteiger partial charge >= 0.3 is 0 Å². The molecule has 0 saturated heterocycles. The van der Waals surface area contributed by atoms with Crippen molar-refractivity contribution in [2.75, 3.05) is 0 Å². The van der Waals surface area contributed by atoms with Gasteiger partial charge in [0.1, 0.15) is 11.3 Å². The molecule has 1 atom stereocenters. The lowest BCUT2D eigenvalue weighted by atomic mass is 10.3. The molecule has 15 heavy (non-hydrogen) atoms. The maximum absolute atomic E-state index is 13.2. The van der Waals surface area contributed by atoms with Gasteiger partial charge in [-0.3, -0.25) is 0 Å². The van der Waals surface area contributed by atoms with Gasteiger partial charge in [-0.25, -0.2) is 13.8 Å². The van der Waals surface area contributed by atoms with Crippen molar-refractivity contribution in [2.24, 2.45) is 5.73 Å². The number of hydrogen-bond acceptors (Lipinski definition) is 2. The maximum atomic E-state index is 13.2. The number of aromatic nitrogens is 2. The summed E-state index contributed by atoms with van der Waals surface area (Å²) in [5.41, 5.74) is 6.38. The van der Waals surface area contributed by atoms with E-state index in [-0.39, 0.29) is 10.5 Å². The van der Waals surface area contributed by atoms with Gasteiger partial charge in [-0.1, -0.05) is 0 Å². The molecule has 0 saturated carbocycles. The number of nitrogens with zero attached hydrogens (tertiary/aromatic N) is 1. The van der Waals surface area contributed by atoms with Crippen LogP contribution in [0.25, 0.3) is 11.0 Å². The van der Waals surface area contributed by atoms with Crippen LogP contribution in [0.1, 0.15) is 18.8 Å². The zero-order valence-corrected chi connectivity index (χ0v) is 9.40. The summed E-state index contributed by atoms with van der Waals surface area (Å²) in [6.45, 7) is 1.73. The largest absolute Gasteiger partial charge is 0.341 e. The van der Waals surface area contributed by atoms with Gasteiger partial charge in [0.05, 0.1) is 16.0 Å². The number of H-pyrrole nitrogens is 1. The van der Waals surface area contributed by atoms with Crippen molar-refractivity contribution in [3.8, 4) is 0 Å². The van der Waals surface area contributed by atoms with Crippen molar-refractivity contribution in [2.45, 2.75) is 13.0 Å². The Morgan fingerprint density at radius 1 is 1.53 bits per heavy atom. The third kappa shape index (κ3) is 1.63. The average Bonchev–Trinajstić information content (AvgIpc) is 2.58. The molecule has 0 amide bonds. The summed E-state index contributed by atoms with van der Waals surface area (Å²) < 4.78 is 26.2. The van der Waals surface area contributed by atoms with Gasteiger partial charge in [0, 0.05) is 6.07 Å². The minimum Gasteiger partial charge on any atom is -0.341 e. The number of aromatic amines is 1. The summed E-state index contributed by atoms with van der Waals surface area (Å²) in [6, 6.07) is 0.754. The normalized spacial score (nSPS) is 13.4. The van der Waals surface area contributed by atoms with Crippen molar-refractivity contribution < 1.29 is 8.78 Å². The molecule has 0 aliphatic carbocycles. The average molecular weight is 276 g/mol. The van der Waals surface area contributed by atoms with E-state index in [2.05, 4.69) is 25.9 Å². The second kappa shape index (κ2) is 3.53. The summed E-state index contributed by atoms with van der Waals surface area (Å²) in [4.78, 5) is 6.91. The van der Waals surface area contributed by atoms with Crippen LogP contribution in [0.2, 0.25) is 0 Å². The molecule has 3 nitrogen and oxygen atoms in total. The Labute approximate surface area is 92.8 Å². The van der Waals surface area contributed by atoms with Gasteiger partial charge < -0.3 is 10.7 Å². The molecular weight excluding hydrogens is 268 g/mol.